The summed E-state index contributed by atoms with van der Waals surface area (Å²) in [4.78, 5) is 28.1. The Morgan fingerprint density at radius 3 is 2.57 bits per heavy atom. The van der Waals surface area contributed by atoms with Gasteiger partial charge in [0.25, 0.3) is 11.8 Å². The minimum Gasteiger partial charge on any atom is -0.459 e. The maximum atomic E-state index is 12.3. The number of piperazine rings is 1. The lowest BCUT2D eigenvalue weighted by Crippen LogP contribution is -2.47. The van der Waals surface area contributed by atoms with E-state index in [2.05, 4.69) is 5.32 Å². The molecule has 0 unspecified atom stereocenters. The second-order valence-electron chi connectivity index (χ2n) is 6.23. The summed E-state index contributed by atoms with van der Waals surface area (Å²) in [5.41, 5.74) is 0.790. The van der Waals surface area contributed by atoms with E-state index in [0.29, 0.717) is 37.0 Å². The summed E-state index contributed by atoms with van der Waals surface area (Å²) in [6, 6.07) is 12.4. The molecule has 0 radical (unpaired) electrons. The van der Waals surface area contributed by atoms with Gasteiger partial charge in [-0.3, -0.25) is 9.59 Å². The van der Waals surface area contributed by atoms with Crippen LogP contribution < -0.4 is 5.32 Å². The highest BCUT2D eigenvalue weighted by molar-refractivity contribution is 6.31. The van der Waals surface area contributed by atoms with Crippen LogP contribution in [0.15, 0.2) is 58.9 Å². The van der Waals surface area contributed by atoms with E-state index in [1.807, 2.05) is 29.2 Å². The van der Waals surface area contributed by atoms with Gasteiger partial charge < -0.3 is 19.5 Å². The van der Waals surface area contributed by atoms with Crippen LogP contribution in [0.5, 0.6) is 0 Å². The predicted molar refractivity (Wildman–Crippen MR) is 103 cm³/mol. The van der Waals surface area contributed by atoms with Gasteiger partial charge in [0.15, 0.2) is 5.76 Å². The Balaban J connectivity index is 1.54. The molecule has 1 N–H and O–H groups in total. The van der Waals surface area contributed by atoms with Gasteiger partial charge in [-0.25, -0.2) is 0 Å². The number of carbonyl (C=O) groups excluding carboxylic acids is 2. The molecule has 1 aliphatic rings. The Morgan fingerprint density at radius 2 is 1.93 bits per heavy atom. The minimum absolute atomic E-state index is 0.0119. The second-order valence-corrected chi connectivity index (χ2v) is 6.64. The zero-order valence-corrected chi connectivity index (χ0v) is 15.9. The van der Waals surface area contributed by atoms with Crippen LogP contribution in [0.25, 0.3) is 0 Å². The molecule has 1 aromatic carbocycles. The van der Waals surface area contributed by atoms with Crippen LogP contribution in [0.3, 0.4) is 0 Å². The van der Waals surface area contributed by atoms with Crippen LogP contribution in [-0.4, -0.2) is 47.8 Å². The topological polar surface area (TPSA) is 89.6 Å². The fourth-order valence-corrected chi connectivity index (χ4v) is 3.05. The average Bonchev–Trinajstić information content (AvgIpc) is 3.26. The van der Waals surface area contributed by atoms with E-state index in [1.54, 1.807) is 23.1 Å². The summed E-state index contributed by atoms with van der Waals surface area (Å²) in [7, 11) is 0. The van der Waals surface area contributed by atoms with Crippen molar-refractivity contribution >= 4 is 23.4 Å². The quantitative estimate of drug-likeness (QED) is 0.617. The summed E-state index contributed by atoms with van der Waals surface area (Å²) in [6.07, 6.45) is 3.00. The van der Waals surface area contributed by atoms with Gasteiger partial charge in [-0.05, 0) is 23.8 Å². The fraction of sp³-hybridized carbons (Fsp3) is 0.250. The highest BCUT2D eigenvalue weighted by Gasteiger charge is 2.23. The highest BCUT2D eigenvalue weighted by atomic mass is 35.5. The molecule has 1 aromatic heterocycles. The van der Waals surface area contributed by atoms with Gasteiger partial charge in [0.2, 0.25) is 0 Å². The number of hydrogen-bond donors (Lipinski definition) is 1. The Kier molecular flexibility index (Phi) is 6.35. The molecule has 0 spiro atoms. The lowest BCUT2D eigenvalue weighted by atomic mass is 10.2. The van der Waals surface area contributed by atoms with E-state index in [0.717, 1.165) is 5.56 Å². The molecular formula is C20H19ClN4O3. The minimum atomic E-state index is -0.462. The first-order valence-electron chi connectivity index (χ1n) is 8.79. The van der Waals surface area contributed by atoms with Crippen molar-refractivity contribution in [3.8, 4) is 6.07 Å². The van der Waals surface area contributed by atoms with Gasteiger partial charge in [0.05, 0.1) is 6.26 Å². The predicted octanol–water partition coefficient (Wildman–Crippen LogP) is 2.41. The fourth-order valence-electron chi connectivity index (χ4n) is 2.84. The normalized spacial score (nSPS) is 14.5. The molecule has 7 nitrogen and oxygen atoms in total. The number of halogens is 1. The molecule has 3 rings (SSSR count). The van der Waals surface area contributed by atoms with Crippen LogP contribution in [0, 0.1) is 11.3 Å². The van der Waals surface area contributed by atoms with Crippen molar-refractivity contribution in [2.45, 2.75) is 6.54 Å². The van der Waals surface area contributed by atoms with Gasteiger partial charge in [-0.2, -0.15) is 5.26 Å². The molecule has 2 amide bonds. The van der Waals surface area contributed by atoms with Gasteiger partial charge in [-0.1, -0.05) is 29.8 Å². The number of furan rings is 1. The molecule has 28 heavy (non-hydrogen) atoms. The average molecular weight is 399 g/mol. The van der Waals surface area contributed by atoms with Crippen molar-refractivity contribution in [2.75, 3.05) is 26.2 Å². The van der Waals surface area contributed by atoms with E-state index in [4.69, 9.17) is 16.0 Å². The second kappa shape index (κ2) is 9.11. The Hall–Kier alpha value is -3.24. The number of amides is 2. The van der Waals surface area contributed by atoms with Gasteiger partial charge in [0, 0.05) is 43.9 Å². The van der Waals surface area contributed by atoms with Crippen molar-refractivity contribution in [3.05, 3.63) is 70.8 Å². The molecule has 1 aliphatic heterocycles. The number of hydrogen-bond acceptors (Lipinski definition) is 5. The molecule has 1 saturated heterocycles. The Morgan fingerprint density at radius 1 is 1.18 bits per heavy atom. The summed E-state index contributed by atoms with van der Waals surface area (Å²) in [5, 5.41) is 12.6. The lowest BCUT2D eigenvalue weighted by Gasteiger charge is -2.33. The number of benzene rings is 1. The number of nitriles is 1. The summed E-state index contributed by atoms with van der Waals surface area (Å²) in [5.74, 6) is -0.316. The monoisotopic (exact) mass is 398 g/mol. The smallest absolute Gasteiger partial charge is 0.289 e. The van der Waals surface area contributed by atoms with Crippen molar-refractivity contribution in [1.29, 1.82) is 5.26 Å². The zero-order valence-electron chi connectivity index (χ0n) is 15.1. The van der Waals surface area contributed by atoms with Crippen molar-refractivity contribution < 1.29 is 14.0 Å². The van der Waals surface area contributed by atoms with Crippen LogP contribution in [0.1, 0.15) is 16.1 Å². The molecule has 0 saturated carbocycles. The van der Waals surface area contributed by atoms with E-state index < -0.39 is 5.91 Å². The summed E-state index contributed by atoms with van der Waals surface area (Å²) >= 11 is 6.07. The van der Waals surface area contributed by atoms with Crippen LogP contribution in [-0.2, 0) is 11.3 Å². The SMILES string of the molecule is N#C/C(=C/N1CCN(C(=O)c2ccco2)CC1)C(=O)NCc1ccccc1Cl. The van der Waals surface area contributed by atoms with Crippen molar-refractivity contribution in [3.63, 3.8) is 0 Å². The van der Waals surface area contributed by atoms with E-state index in [9.17, 15) is 14.9 Å². The zero-order chi connectivity index (χ0) is 19.9. The molecule has 0 atom stereocenters. The third-order valence-corrected chi connectivity index (χ3v) is 4.78. The Bertz CT molecular complexity index is 910. The standard InChI is InChI=1S/C20H19ClN4O3/c21-17-5-2-1-4-15(17)13-23-19(26)16(12-22)14-24-7-9-25(10-8-24)20(27)18-6-3-11-28-18/h1-6,11,14H,7-10,13H2,(H,23,26)/b16-14-. The third-order valence-electron chi connectivity index (χ3n) is 4.41. The van der Waals surface area contributed by atoms with Crippen LogP contribution in [0.4, 0.5) is 0 Å². The van der Waals surface area contributed by atoms with Crippen LogP contribution >= 0.6 is 11.6 Å². The van der Waals surface area contributed by atoms with Crippen LogP contribution in [0.2, 0.25) is 5.02 Å². The lowest BCUT2D eigenvalue weighted by molar-refractivity contribution is -0.117. The summed E-state index contributed by atoms with van der Waals surface area (Å²) in [6.45, 7) is 2.25. The van der Waals surface area contributed by atoms with Crippen molar-refractivity contribution in [2.24, 2.45) is 0 Å². The van der Waals surface area contributed by atoms with Gasteiger partial charge in [0.1, 0.15) is 11.6 Å². The molecule has 8 heteroatoms. The van der Waals surface area contributed by atoms with E-state index >= 15 is 0 Å². The third kappa shape index (κ3) is 4.72. The first kappa shape index (κ1) is 19.5. The van der Waals surface area contributed by atoms with Crippen molar-refractivity contribution in [1.82, 2.24) is 15.1 Å². The first-order valence-corrected chi connectivity index (χ1v) is 9.16. The number of nitrogens with one attached hydrogen (secondary N) is 1. The number of carbonyl (C=O) groups is 2. The molecule has 0 aliphatic carbocycles. The Labute approximate surface area is 167 Å². The number of rotatable bonds is 5. The van der Waals surface area contributed by atoms with Gasteiger partial charge >= 0.3 is 0 Å². The van der Waals surface area contributed by atoms with E-state index in [1.165, 1.54) is 12.5 Å². The summed E-state index contributed by atoms with van der Waals surface area (Å²) < 4.78 is 5.14. The molecule has 0 bridgehead atoms. The molecule has 2 heterocycles. The first-order chi connectivity index (χ1) is 13.6. The molecular weight excluding hydrogens is 380 g/mol. The molecule has 144 valence electrons. The maximum Gasteiger partial charge on any atom is 0.289 e. The highest BCUT2D eigenvalue weighted by Crippen LogP contribution is 2.15. The van der Waals surface area contributed by atoms with E-state index in [-0.39, 0.29) is 18.0 Å². The largest absolute Gasteiger partial charge is 0.459 e. The van der Waals surface area contributed by atoms with Gasteiger partial charge in [-0.15, -0.1) is 0 Å². The molecule has 1 fully saturated rings. The molecule has 2 aromatic rings. The maximum absolute atomic E-state index is 12.3. The number of nitrogens with zero attached hydrogens (tertiary/aromatic N) is 3.